The van der Waals surface area contributed by atoms with Crippen LogP contribution in [-0.2, 0) is 11.8 Å². The minimum atomic E-state index is 0.275. The van der Waals surface area contributed by atoms with Crippen LogP contribution in [0.3, 0.4) is 0 Å². The summed E-state index contributed by atoms with van der Waals surface area (Å²) in [6.07, 6.45) is 0.275. The van der Waals surface area contributed by atoms with Crippen molar-refractivity contribution >= 4 is 17.0 Å². The second-order valence-electron chi connectivity index (χ2n) is 4.33. The Labute approximate surface area is 102 Å². The van der Waals surface area contributed by atoms with Gasteiger partial charge in [0.15, 0.2) is 0 Å². The lowest BCUT2D eigenvalue weighted by molar-refractivity contribution is 0.0869. The van der Waals surface area contributed by atoms with Gasteiger partial charge in [0.25, 0.3) is 0 Å². The summed E-state index contributed by atoms with van der Waals surface area (Å²) < 4.78 is 7.54. The van der Waals surface area contributed by atoms with E-state index in [1.165, 1.54) is 0 Å². The van der Waals surface area contributed by atoms with E-state index >= 15 is 0 Å². The zero-order valence-corrected chi connectivity index (χ0v) is 10.6. The van der Waals surface area contributed by atoms with E-state index in [1.54, 1.807) is 0 Å². The van der Waals surface area contributed by atoms with E-state index in [-0.39, 0.29) is 6.10 Å². The van der Waals surface area contributed by atoms with E-state index in [2.05, 4.69) is 20.9 Å². The minimum absolute atomic E-state index is 0.275. The van der Waals surface area contributed by atoms with Gasteiger partial charge in [0, 0.05) is 13.6 Å². The normalized spacial score (nSPS) is 11.3. The maximum Gasteiger partial charge on any atom is 0.203 e. The molecule has 1 aromatic carbocycles. The second-order valence-corrected chi connectivity index (χ2v) is 4.33. The van der Waals surface area contributed by atoms with Gasteiger partial charge in [-0.25, -0.2) is 4.98 Å². The Balaban J connectivity index is 2.01. The average molecular weight is 233 g/mol. The van der Waals surface area contributed by atoms with Gasteiger partial charge in [0.05, 0.1) is 23.7 Å². The van der Waals surface area contributed by atoms with Gasteiger partial charge >= 0.3 is 0 Å². The van der Waals surface area contributed by atoms with Crippen molar-refractivity contribution < 1.29 is 4.74 Å². The molecule has 0 saturated carbocycles. The van der Waals surface area contributed by atoms with E-state index in [1.807, 2.05) is 39.1 Å². The summed E-state index contributed by atoms with van der Waals surface area (Å²) in [6, 6.07) is 8.11. The van der Waals surface area contributed by atoms with Crippen molar-refractivity contribution in [2.75, 3.05) is 18.5 Å². The summed E-state index contributed by atoms with van der Waals surface area (Å²) in [5, 5.41) is 3.28. The number of nitrogens with zero attached hydrogens (tertiary/aromatic N) is 2. The molecule has 1 N–H and O–H groups in total. The van der Waals surface area contributed by atoms with Crippen LogP contribution < -0.4 is 5.32 Å². The summed E-state index contributed by atoms with van der Waals surface area (Å²) in [5.41, 5.74) is 2.15. The third-order valence-corrected chi connectivity index (χ3v) is 2.62. The SMILES string of the molecule is CC(C)OCCNc1nc2ccccc2n1C. The Morgan fingerprint density at radius 1 is 1.35 bits per heavy atom. The Morgan fingerprint density at radius 2 is 2.12 bits per heavy atom. The lowest BCUT2D eigenvalue weighted by Gasteiger charge is -2.09. The standard InChI is InChI=1S/C13H19N3O/c1-10(2)17-9-8-14-13-15-11-6-4-5-7-12(11)16(13)3/h4-7,10H,8-9H2,1-3H3,(H,14,15). The molecule has 0 spiro atoms. The highest BCUT2D eigenvalue weighted by atomic mass is 16.5. The smallest absolute Gasteiger partial charge is 0.203 e. The maximum atomic E-state index is 5.48. The van der Waals surface area contributed by atoms with Crippen molar-refractivity contribution in [3.05, 3.63) is 24.3 Å². The first-order valence-electron chi connectivity index (χ1n) is 5.95. The Bertz CT molecular complexity index is 490. The average Bonchev–Trinajstić information content (AvgIpc) is 2.63. The van der Waals surface area contributed by atoms with Gasteiger partial charge in [-0.15, -0.1) is 0 Å². The number of fused-ring (bicyclic) bond motifs is 1. The number of anilines is 1. The predicted octanol–water partition coefficient (Wildman–Crippen LogP) is 2.41. The van der Waals surface area contributed by atoms with Gasteiger partial charge in [-0.1, -0.05) is 12.1 Å². The van der Waals surface area contributed by atoms with Crippen LogP contribution in [0.5, 0.6) is 0 Å². The molecule has 4 nitrogen and oxygen atoms in total. The van der Waals surface area contributed by atoms with Gasteiger partial charge in [0.2, 0.25) is 5.95 Å². The summed E-state index contributed by atoms with van der Waals surface area (Å²) in [6.45, 7) is 5.54. The van der Waals surface area contributed by atoms with Gasteiger partial charge in [-0.3, -0.25) is 0 Å². The number of ether oxygens (including phenoxy) is 1. The van der Waals surface area contributed by atoms with Gasteiger partial charge in [-0.2, -0.15) is 0 Å². The molecular weight excluding hydrogens is 214 g/mol. The largest absolute Gasteiger partial charge is 0.377 e. The zero-order chi connectivity index (χ0) is 12.3. The molecule has 0 saturated heterocycles. The fourth-order valence-corrected chi connectivity index (χ4v) is 1.76. The first kappa shape index (κ1) is 11.9. The Kier molecular flexibility index (Phi) is 3.64. The highest BCUT2D eigenvalue weighted by Gasteiger charge is 2.05. The number of nitrogens with one attached hydrogen (secondary N) is 1. The summed E-state index contributed by atoms with van der Waals surface area (Å²) in [5.74, 6) is 0.888. The van der Waals surface area contributed by atoms with Crippen LogP contribution >= 0.6 is 0 Å². The molecule has 0 unspecified atom stereocenters. The molecular formula is C13H19N3O. The first-order chi connectivity index (χ1) is 8.18. The van der Waals surface area contributed by atoms with Crippen molar-refractivity contribution in [2.24, 2.45) is 7.05 Å². The lowest BCUT2D eigenvalue weighted by atomic mass is 10.3. The fraction of sp³-hybridized carbons (Fsp3) is 0.462. The van der Waals surface area contributed by atoms with Gasteiger partial charge in [0.1, 0.15) is 0 Å². The van der Waals surface area contributed by atoms with Crippen LogP contribution in [0.15, 0.2) is 24.3 Å². The van der Waals surface area contributed by atoms with Crippen LogP contribution in [-0.4, -0.2) is 28.8 Å². The van der Waals surface area contributed by atoms with Crippen molar-refractivity contribution in [3.63, 3.8) is 0 Å². The number of aryl methyl sites for hydroxylation is 1. The number of rotatable bonds is 5. The highest BCUT2D eigenvalue weighted by Crippen LogP contribution is 2.17. The topological polar surface area (TPSA) is 39.1 Å². The molecule has 0 aliphatic heterocycles. The zero-order valence-electron chi connectivity index (χ0n) is 10.6. The molecule has 2 aromatic rings. The molecule has 1 aromatic heterocycles. The molecule has 92 valence electrons. The van der Waals surface area contributed by atoms with E-state index in [0.717, 1.165) is 23.5 Å². The lowest BCUT2D eigenvalue weighted by Crippen LogP contribution is -2.15. The molecule has 0 aliphatic rings. The summed E-state index contributed by atoms with van der Waals surface area (Å²) >= 11 is 0. The van der Waals surface area contributed by atoms with Gasteiger partial charge in [-0.05, 0) is 26.0 Å². The highest BCUT2D eigenvalue weighted by molar-refractivity contribution is 5.78. The molecule has 0 radical (unpaired) electrons. The molecule has 1 heterocycles. The molecule has 0 aliphatic carbocycles. The molecule has 4 heteroatoms. The fourth-order valence-electron chi connectivity index (χ4n) is 1.76. The maximum absolute atomic E-state index is 5.48. The van der Waals surface area contributed by atoms with Crippen LogP contribution in [0, 0.1) is 0 Å². The number of hydrogen-bond acceptors (Lipinski definition) is 3. The molecule has 0 fully saturated rings. The van der Waals surface area contributed by atoms with Gasteiger partial charge < -0.3 is 14.6 Å². The number of para-hydroxylation sites is 2. The van der Waals surface area contributed by atoms with Crippen LogP contribution in [0.2, 0.25) is 0 Å². The van der Waals surface area contributed by atoms with E-state index in [4.69, 9.17) is 4.74 Å². The molecule has 17 heavy (non-hydrogen) atoms. The van der Waals surface area contributed by atoms with Crippen LogP contribution in [0.4, 0.5) is 5.95 Å². The van der Waals surface area contributed by atoms with Crippen LogP contribution in [0.25, 0.3) is 11.0 Å². The number of imidazole rings is 1. The second kappa shape index (κ2) is 5.19. The third kappa shape index (κ3) is 2.77. The van der Waals surface area contributed by atoms with Crippen molar-refractivity contribution in [1.29, 1.82) is 0 Å². The van der Waals surface area contributed by atoms with E-state index in [0.29, 0.717) is 6.61 Å². The minimum Gasteiger partial charge on any atom is -0.377 e. The number of benzene rings is 1. The summed E-state index contributed by atoms with van der Waals surface area (Å²) in [7, 11) is 2.01. The predicted molar refractivity (Wildman–Crippen MR) is 70.3 cm³/mol. The Morgan fingerprint density at radius 3 is 2.82 bits per heavy atom. The quantitative estimate of drug-likeness (QED) is 0.806. The monoisotopic (exact) mass is 233 g/mol. The third-order valence-electron chi connectivity index (χ3n) is 2.62. The molecule has 0 bridgehead atoms. The van der Waals surface area contributed by atoms with Crippen molar-refractivity contribution in [3.8, 4) is 0 Å². The van der Waals surface area contributed by atoms with E-state index in [9.17, 15) is 0 Å². The molecule has 0 atom stereocenters. The van der Waals surface area contributed by atoms with Crippen LogP contribution in [0.1, 0.15) is 13.8 Å². The number of hydrogen-bond donors (Lipinski definition) is 1. The molecule has 2 rings (SSSR count). The molecule has 0 amide bonds. The van der Waals surface area contributed by atoms with Crippen molar-refractivity contribution in [1.82, 2.24) is 9.55 Å². The Hall–Kier alpha value is -1.55. The van der Waals surface area contributed by atoms with Crippen molar-refractivity contribution in [2.45, 2.75) is 20.0 Å². The summed E-state index contributed by atoms with van der Waals surface area (Å²) in [4.78, 5) is 4.53. The van der Waals surface area contributed by atoms with E-state index < -0.39 is 0 Å². The number of aromatic nitrogens is 2. The first-order valence-corrected chi connectivity index (χ1v) is 5.95.